The molecule has 2 N–H and O–H groups in total. The molecule has 1 rings (SSSR count). The van der Waals surface area contributed by atoms with Crippen molar-refractivity contribution in [3.05, 3.63) is 39.9 Å². The summed E-state index contributed by atoms with van der Waals surface area (Å²) in [5, 5.41) is 28.6. The van der Waals surface area contributed by atoms with Crippen LogP contribution in [0.5, 0.6) is 0 Å². The normalized spacial score (nSPS) is 12.1. The molecule has 1 atom stereocenters. The average Bonchev–Trinajstić information content (AvgIpc) is 2.38. The van der Waals surface area contributed by atoms with E-state index >= 15 is 0 Å². The lowest BCUT2D eigenvalue weighted by molar-refractivity contribution is -0.385. The van der Waals surface area contributed by atoms with Crippen molar-refractivity contribution in [1.82, 2.24) is 4.90 Å². The molecule has 0 bridgehead atoms. The number of carboxylic acids is 2. The van der Waals surface area contributed by atoms with Crippen LogP contribution >= 0.6 is 0 Å². The maximum atomic E-state index is 10.9. The van der Waals surface area contributed by atoms with Gasteiger partial charge in [0.2, 0.25) is 0 Å². The zero-order valence-corrected chi connectivity index (χ0v) is 11.4. The van der Waals surface area contributed by atoms with Gasteiger partial charge in [0.1, 0.15) is 0 Å². The molecule has 8 heteroatoms. The first-order valence-corrected chi connectivity index (χ1v) is 6.27. The van der Waals surface area contributed by atoms with Crippen LogP contribution in [-0.2, 0) is 9.59 Å². The van der Waals surface area contributed by atoms with E-state index in [0.717, 1.165) is 0 Å². The molecule has 1 aromatic rings. The van der Waals surface area contributed by atoms with E-state index in [-0.39, 0.29) is 5.69 Å². The smallest absolute Gasteiger partial charge is 0.317 e. The zero-order chi connectivity index (χ0) is 16.0. The van der Waals surface area contributed by atoms with E-state index in [9.17, 15) is 19.7 Å². The van der Waals surface area contributed by atoms with Gasteiger partial charge in [-0.15, -0.1) is 0 Å². The molecule has 1 aromatic carbocycles. The summed E-state index contributed by atoms with van der Waals surface area (Å²) in [6, 6.07) is 5.27. The topological polar surface area (TPSA) is 121 Å². The van der Waals surface area contributed by atoms with Crippen molar-refractivity contribution >= 4 is 17.6 Å². The Morgan fingerprint density at radius 2 is 1.86 bits per heavy atom. The largest absolute Gasteiger partial charge is 0.480 e. The van der Waals surface area contributed by atoms with Crippen molar-refractivity contribution in [3.63, 3.8) is 0 Å². The van der Waals surface area contributed by atoms with E-state index in [2.05, 4.69) is 0 Å². The van der Waals surface area contributed by atoms with Gasteiger partial charge in [-0.05, 0) is 12.0 Å². The Bertz CT molecular complexity index is 529. The zero-order valence-electron chi connectivity index (χ0n) is 11.4. The van der Waals surface area contributed by atoms with Crippen molar-refractivity contribution in [1.29, 1.82) is 0 Å². The molecule has 0 aromatic heterocycles. The second kappa shape index (κ2) is 7.34. The highest BCUT2D eigenvalue weighted by molar-refractivity contribution is 5.72. The van der Waals surface area contributed by atoms with Crippen LogP contribution in [0.15, 0.2) is 24.3 Å². The highest BCUT2D eigenvalue weighted by atomic mass is 16.6. The van der Waals surface area contributed by atoms with Gasteiger partial charge in [0.25, 0.3) is 5.69 Å². The van der Waals surface area contributed by atoms with Crippen LogP contribution in [-0.4, -0.2) is 45.1 Å². The standard InChI is InChI=1S/C13H16N2O6/c1-2-11(14(7-12(16)17)8-13(18)19)9-4-3-5-10(6-9)15(20)21/h3-6,11H,2,7-8H2,1H3,(H,16,17)(H,18,19). The molecule has 21 heavy (non-hydrogen) atoms. The summed E-state index contributed by atoms with van der Waals surface area (Å²) in [6.07, 6.45) is 0.432. The van der Waals surface area contributed by atoms with E-state index in [0.29, 0.717) is 12.0 Å². The van der Waals surface area contributed by atoms with Crippen LogP contribution in [0.4, 0.5) is 5.69 Å². The van der Waals surface area contributed by atoms with Gasteiger partial charge in [-0.3, -0.25) is 24.6 Å². The molecular weight excluding hydrogens is 280 g/mol. The Morgan fingerprint density at radius 1 is 1.29 bits per heavy atom. The molecule has 0 radical (unpaired) electrons. The van der Waals surface area contributed by atoms with E-state index in [4.69, 9.17) is 10.2 Å². The van der Waals surface area contributed by atoms with Gasteiger partial charge in [0.15, 0.2) is 0 Å². The molecule has 1 unspecified atom stereocenters. The average molecular weight is 296 g/mol. The third kappa shape index (κ3) is 4.84. The van der Waals surface area contributed by atoms with Gasteiger partial charge in [-0.2, -0.15) is 0 Å². The highest BCUT2D eigenvalue weighted by Crippen LogP contribution is 2.26. The number of carbonyl (C=O) groups is 2. The molecule has 0 heterocycles. The fourth-order valence-corrected chi connectivity index (χ4v) is 2.17. The SMILES string of the molecule is CCC(c1cccc([N+](=O)[O-])c1)N(CC(=O)O)CC(=O)O. The van der Waals surface area contributed by atoms with Crippen LogP contribution in [0, 0.1) is 10.1 Å². The summed E-state index contributed by atoms with van der Waals surface area (Å²) in [4.78, 5) is 33.3. The third-order valence-corrected chi connectivity index (χ3v) is 2.97. The van der Waals surface area contributed by atoms with E-state index in [1.807, 2.05) is 0 Å². The number of nitrogens with zero attached hydrogens (tertiary/aromatic N) is 2. The third-order valence-electron chi connectivity index (χ3n) is 2.97. The Hall–Kier alpha value is -2.48. The maximum absolute atomic E-state index is 10.9. The van der Waals surface area contributed by atoms with Crippen molar-refractivity contribution in [2.24, 2.45) is 0 Å². The summed E-state index contributed by atoms with van der Waals surface area (Å²) in [7, 11) is 0. The molecule has 0 aliphatic heterocycles. The van der Waals surface area contributed by atoms with Crippen LogP contribution < -0.4 is 0 Å². The van der Waals surface area contributed by atoms with Crippen LogP contribution in [0.2, 0.25) is 0 Å². The fourth-order valence-electron chi connectivity index (χ4n) is 2.17. The number of carboxylic acid groups (broad SMARTS) is 2. The fraction of sp³-hybridized carbons (Fsp3) is 0.385. The first-order chi connectivity index (χ1) is 9.85. The van der Waals surface area contributed by atoms with Crippen LogP contribution in [0.25, 0.3) is 0 Å². The summed E-state index contributed by atoms with van der Waals surface area (Å²) in [6.45, 7) is 0.862. The first kappa shape index (κ1) is 16.6. The van der Waals surface area contributed by atoms with Crippen LogP contribution in [0.3, 0.4) is 0 Å². The van der Waals surface area contributed by atoms with E-state index in [1.54, 1.807) is 13.0 Å². The minimum Gasteiger partial charge on any atom is -0.480 e. The Kier molecular flexibility index (Phi) is 5.79. The number of benzene rings is 1. The maximum Gasteiger partial charge on any atom is 0.317 e. The first-order valence-electron chi connectivity index (χ1n) is 6.27. The molecule has 0 amide bonds. The van der Waals surface area contributed by atoms with E-state index < -0.39 is 36.0 Å². The van der Waals surface area contributed by atoms with Gasteiger partial charge in [-0.25, -0.2) is 0 Å². The Labute approximate surface area is 120 Å². The highest BCUT2D eigenvalue weighted by Gasteiger charge is 2.24. The van der Waals surface area contributed by atoms with Gasteiger partial charge in [-0.1, -0.05) is 19.1 Å². The van der Waals surface area contributed by atoms with Gasteiger partial charge < -0.3 is 10.2 Å². The minimum atomic E-state index is -1.15. The number of hydrogen-bond donors (Lipinski definition) is 2. The van der Waals surface area contributed by atoms with Crippen LogP contribution in [0.1, 0.15) is 24.9 Å². The molecule has 0 saturated carbocycles. The molecule has 0 saturated heterocycles. The number of hydrogen-bond acceptors (Lipinski definition) is 5. The minimum absolute atomic E-state index is 0.114. The Balaban J connectivity index is 3.11. The monoisotopic (exact) mass is 296 g/mol. The number of nitro groups is 1. The molecule has 114 valence electrons. The quantitative estimate of drug-likeness (QED) is 0.551. The summed E-state index contributed by atoms with van der Waals surface area (Å²) < 4.78 is 0. The number of nitro benzene ring substituents is 1. The second-order valence-electron chi connectivity index (χ2n) is 4.47. The summed E-state index contributed by atoms with van der Waals surface area (Å²) in [5.41, 5.74) is 0.408. The summed E-state index contributed by atoms with van der Waals surface area (Å²) >= 11 is 0. The summed E-state index contributed by atoms with van der Waals surface area (Å²) in [5.74, 6) is -2.31. The number of non-ortho nitro benzene ring substituents is 1. The second-order valence-corrected chi connectivity index (χ2v) is 4.47. The van der Waals surface area contributed by atoms with Crippen molar-refractivity contribution in [2.45, 2.75) is 19.4 Å². The molecular formula is C13H16N2O6. The molecule has 0 spiro atoms. The molecule has 0 aliphatic carbocycles. The molecule has 0 fully saturated rings. The molecule has 8 nitrogen and oxygen atoms in total. The predicted octanol–water partition coefficient (Wildman–Crippen LogP) is 1.52. The van der Waals surface area contributed by atoms with Gasteiger partial charge in [0, 0.05) is 18.2 Å². The van der Waals surface area contributed by atoms with Crippen molar-refractivity contribution in [2.75, 3.05) is 13.1 Å². The predicted molar refractivity (Wildman–Crippen MR) is 73.0 cm³/mol. The van der Waals surface area contributed by atoms with E-state index in [1.165, 1.54) is 23.1 Å². The number of rotatable bonds is 8. The van der Waals surface area contributed by atoms with Gasteiger partial charge >= 0.3 is 11.9 Å². The Morgan fingerprint density at radius 3 is 2.29 bits per heavy atom. The number of aliphatic carboxylic acids is 2. The lowest BCUT2D eigenvalue weighted by atomic mass is 10.0. The molecule has 0 aliphatic rings. The van der Waals surface area contributed by atoms with Gasteiger partial charge in [0.05, 0.1) is 18.0 Å². The lowest BCUT2D eigenvalue weighted by Crippen LogP contribution is -2.37. The lowest BCUT2D eigenvalue weighted by Gasteiger charge is -2.28. The van der Waals surface area contributed by atoms with Crippen molar-refractivity contribution < 1.29 is 24.7 Å². The van der Waals surface area contributed by atoms with Crippen molar-refractivity contribution in [3.8, 4) is 0 Å².